The smallest absolute Gasteiger partial charge is 0.350 e. The molecule has 196 valence electrons. The molecule has 1 saturated heterocycles. The number of aliphatic hydroxyl groups is 1. The maximum absolute atomic E-state index is 15.5. The number of nitrogens with one attached hydrogen (secondary N) is 1. The van der Waals surface area contributed by atoms with Gasteiger partial charge in [0.1, 0.15) is 24.1 Å². The van der Waals surface area contributed by atoms with Crippen molar-refractivity contribution in [2.75, 3.05) is 13.2 Å². The Bertz CT molecular complexity index is 1250. The summed E-state index contributed by atoms with van der Waals surface area (Å²) in [5, 5.41) is 9.80. The molecule has 2 fully saturated rings. The number of benzene rings is 2. The second-order valence-electron chi connectivity index (χ2n) is 9.11. The van der Waals surface area contributed by atoms with Crippen molar-refractivity contribution in [2.45, 2.75) is 43.2 Å². The number of amides is 1. The Morgan fingerprint density at radius 2 is 1.78 bits per heavy atom. The van der Waals surface area contributed by atoms with Gasteiger partial charge in [0.05, 0.1) is 6.04 Å². The summed E-state index contributed by atoms with van der Waals surface area (Å²) >= 11 is 0. The zero-order valence-corrected chi connectivity index (χ0v) is 19.4. The fourth-order valence-corrected chi connectivity index (χ4v) is 5.69. The van der Waals surface area contributed by atoms with Gasteiger partial charge in [0, 0.05) is 29.6 Å². The molecule has 3 atom stereocenters. The van der Waals surface area contributed by atoms with Crippen LogP contribution in [0.5, 0.6) is 0 Å². The van der Waals surface area contributed by atoms with Crippen molar-refractivity contribution in [1.29, 1.82) is 0 Å². The number of nitrogens with zero attached hydrogens (tertiary/aromatic N) is 1. The second kappa shape index (κ2) is 9.67. The molecule has 13 heteroatoms. The molecule has 0 radical (unpaired) electrons. The lowest BCUT2D eigenvalue weighted by Crippen LogP contribution is -2.52. The maximum Gasteiger partial charge on any atom is 0.350 e. The topological polar surface area (TPSA) is 86.7 Å². The Morgan fingerprint density at radius 3 is 2.33 bits per heavy atom. The van der Waals surface area contributed by atoms with Crippen molar-refractivity contribution in [2.24, 2.45) is 5.41 Å². The molecule has 1 amide bonds. The standard InChI is InChI=1S/C23H22F6N2O4S/c24-10-18(32)21(33)31-11-23(4-5-23)20(30-36(34,35)22(28)29)17(31)8-12-2-1-3-16(19(12)27)13-6-14(25)9-15(26)7-13/h1-3,6-7,9,17-18,20,22,30,32H,4-5,8,10-11H2/t17-,18?,20+/m0/s1. The number of likely N-dealkylation sites (tertiary alicyclic amines) is 1. The zero-order valence-electron chi connectivity index (χ0n) is 18.6. The molecule has 1 spiro atoms. The average Bonchev–Trinajstić information content (AvgIpc) is 3.53. The van der Waals surface area contributed by atoms with Crippen LogP contribution in [0.2, 0.25) is 0 Å². The van der Waals surface area contributed by atoms with Crippen LogP contribution < -0.4 is 4.72 Å². The van der Waals surface area contributed by atoms with Crippen LogP contribution in [0.3, 0.4) is 0 Å². The van der Waals surface area contributed by atoms with E-state index in [0.29, 0.717) is 18.9 Å². The number of carbonyl (C=O) groups is 1. The molecule has 4 rings (SSSR count). The molecule has 0 bridgehead atoms. The molecule has 1 aliphatic heterocycles. The number of hydrogen-bond donors (Lipinski definition) is 2. The minimum Gasteiger partial charge on any atom is -0.381 e. The van der Waals surface area contributed by atoms with Crippen molar-refractivity contribution in [3.05, 3.63) is 59.4 Å². The highest BCUT2D eigenvalue weighted by Gasteiger charge is 2.62. The molecule has 1 saturated carbocycles. The number of sulfonamides is 1. The van der Waals surface area contributed by atoms with Crippen LogP contribution in [0.1, 0.15) is 18.4 Å². The summed E-state index contributed by atoms with van der Waals surface area (Å²) in [5.74, 6) is -7.66. The number of halogens is 6. The monoisotopic (exact) mass is 536 g/mol. The van der Waals surface area contributed by atoms with E-state index >= 15 is 4.39 Å². The molecular weight excluding hydrogens is 514 g/mol. The summed E-state index contributed by atoms with van der Waals surface area (Å²) in [5.41, 5.74) is -1.34. The van der Waals surface area contributed by atoms with Gasteiger partial charge in [-0.15, -0.1) is 0 Å². The predicted molar refractivity (Wildman–Crippen MR) is 116 cm³/mol. The fourth-order valence-electron chi connectivity index (χ4n) is 4.83. The molecule has 2 N–H and O–H groups in total. The lowest BCUT2D eigenvalue weighted by atomic mass is 9.91. The quantitative estimate of drug-likeness (QED) is 0.508. The highest BCUT2D eigenvalue weighted by Crippen LogP contribution is 2.55. The van der Waals surface area contributed by atoms with Gasteiger partial charge in [-0.25, -0.2) is 30.7 Å². The van der Waals surface area contributed by atoms with Gasteiger partial charge in [0.2, 0.25) is 0 Å². The third-order valence-electron chi connectivity index (χ3n) is 6.74. The van der Waals surface area contributed by atoms with Crippen LogP contribution in [0.4, 0.5) is 26.3 Å². The first kappa shape index (κ1) is 26.4. The number of hydrogen-bond acceptors (Lipinski definition) is 4. The summed E-state index contributed by atoms with van der Waals surface area (Å²) < 4.78 is 108. The van der Waals surface area contributed by atoms with Gasteiger partial charge >= 0.3 is 5.76 Å². The van der Waals surface area contributed by atoms with Gasteiger partial charge < -0.3 is 10.0 Å². The van der Waals surface area contributed by atoms with E-state index in [1.807, 2.05) is 4.72 Å². The van der Waals surface area contributed by atoms with Gasteiger partial charge in [-0.3, -0.25) is 4.79 Å². The van der Waals surface area contributed by atoms with Gasteiger partial charge in [-0.2, -0.15) is 8.78 Å². The van der Waals surface area contributed by atoms with E-state index in [1.165, 1.54) is 18.2 Å². The molecule has 1 heterocycles. The van der Waals surface area contributed by atoms with E-state index in [-0.39, 0.29) is 23.2 Å². The second-order valence-corrected chi connectivity index (χ2v) is 10.8. The van der Waals surface area contributed by atoms with E-state index < -0.39 is 75.8 Å². The summed E-state index contributed by atoms with van der Waals surface area (Å²) in [6.07, 6.45) is -1.75. The first-order chi connectivity index (χ1) is 16.9. The van der Waals surface area contributed by atoms with E-state index in [2.05, 4.69) is 0 Å². The highest BCUT2D eigenvalue weighted by molar-refractivity contribution is 7.89. The fraction of sp³-hybridized carbons (Fsp3) is 0.435. The third kappa shape index (κ3) is 4.96. The maximum atomic E-state index is 15.5. The van der Waals surface area contributed by atoms with Crippen molar-refractivity contribution >= 4 is 15.9 Å². The third-order valence-corrected chi connectivity index (χ3v) is 7.80. The van der Waals surface area contributed by atoms with Gasteiger partial charge in [-0.1, -0.05) is 18.2 Å². The molecule has 2 aromatic carbocycles. The zero-order chi connectivity index (χ0) is 26.4. The Balaban J connectivity index is 1.75. The van der Waals surface area contributed by atoms with E-state index in [4.69, 9.17) is 0 Å². The van der Waals surface area contributed by atoms with Crippen LogP contribution in [0, 0.1) is 22.9 Å². The van der Waals surface area contributed by atoms with Crippen LogP contribution >= 0.6 is 0 Å². The van der Waals surface area contributed by atoms with Gasteiger partial charge in [0.25, 0.3) is 15.9 Å². The lowest BCUT2D eigenvalue weighted by molar-refractivity contribution is -0.142. The molecule has 1 unspecified atom stereocenters. The van der Waals surface area contributed by atoms with Crippen molar-refractivity contribution in [3.8, 4) is 11.1 Å². The van der Waals surface area contributed by atoms with Gasteiger partial charge in [0.15, 0.2) is 6.10 Å². The Kier molecular flexibility index (Phi) is 7.10. The van der Waals surface area contributed by atoms with Gasteiger partial charge in [-0.05, 0) is 42.5 Å². The van der Waals surface area contributed by atoms with Crippen molar-refractivity contribution in [3.63, 3.8) is 0 Å². The first-order valence-corrected chi connectivity index (χ1v) is 12.5. The molecule has 36 heavy (non-hydrogen) atoms. The van der Waals surface area contributed by atoms with Crippen molar-refractivity contribution < 1.29 is 44.7 Å². The Labute approximate surface area is 203 Å². The van der Waals surface area contributed by atoms with Crippen molar-refractivity contribution in [1.82, 2.24) is 9.62 Å². The van der Waals surface area contributed by atoms with Crippen LogP contribution in [0.15, 0.2) is 36.4 Å². The SMILES string of the molecule is O=C(C(O)CF)N1CC2(CC2)[C@H](NS(=O)(=O)C(F)F)[C@@H]1Cc1cccc(-c2cc(F)cc(F)c2)c1F. The molecular formula is C23H22F6N2O4S. The molecule has 2 aliphatic rings. The number of rotatable bonds is 8. The minimum absolute atomic E-state index is 0.103. The molecule has 2 aromatic rings. The molecule has 1 aliphatic carbocycles. The number of aliphatic hydroxyl groups excluding tert-OH is 1. The van der Waals surface area contributed by atoms with E-state index in [0.717, 1.165) is 17.0 Å². The predicted octanol–water partition coefficient (Wildman–Crippen LogP) is 3.15. The number of carbonyl (C=O) groups excluding carboxylic acids is 1. The molecule has 6 nitrogen and oxygen atoms in total. The first-order valence-electron chi connectivity index (χ1n) is 11.0. The van der Waals surface area contributed by atoms with Crippen LogP contribution in [-0.4, -0.2) is 61.5 Å². The number of alkyl halides is 3. The summed E-state index contributed by atoms with van der Waals surface area (Å²) in [6, 6.07) is 3.85. The van der Waals surface area contributed by atoms with E-state index in [9.17, 15) is 40.3 Å². The molecule has 0 aromatic heterocycles. The van der Waals surface area contributed by atoms with E-state index in [1.54, 1.807) is 0 Å². The Morgan fingerprint density at radius 1 is 1.14 bits per heavy atom. The average molecular weight is 536 g/mol. The summed E-state index contributed by atoms with van der Waals surface area (Å²) in [6.45, 7) is -1.59. The Hall–Kier alpha value is -2.64. The minimum atomic E-state index is -5.12. The largest absolute Gasteiger partial charge is 0.381 e. The highest BCUT2D eigenvalue weighted by atomic mass is 32.2. The summed E-state index contributed by atoms with van der Waals surface area (Å²) in [7, 11) is -5.12. The van der Waals surface area contributed by atoms with Crippen LogP contribution in [0.25, 0.3) is 11.1 Å². The summed E-state index contributed by atoms with van der Waals surface area (Å²) in [4.78, 5) is 13.7. The lowest BCUT2D eigenvalue weighted by Gasteiger charge is -2.30. The normalized spacial score (nSPS) is 21.8. The van der Waals surface area contributed by atoms with Crippen LogP contribution in [-0.2, 0) is 21.2 Å².